The summed E-state index contributed by atoms with van der Waals surface area (Å²) >= 11 is 1.44. The van der Waals surface area contributed by atoms with Crippen LogP contribution in [0.1, 0.15) is 17.5 Å². The Kier molecular flexibility index (Phi) is 6.02. The largest absolute Gasteiger partial charge is 0.427 e. The number of benzene rings is 3. The standard InChI is InChI=1S/C26H18N2O2S/c1-18(29)30-24-13-7-19(8-14-24)15-23(16-27)26-28-25(17-31-26)22-11-9-21(10-12-22)20-5-3-2-4-6-20/h2-15,17H,1H3/b23-15+. The molecule has 0 amide bonds. The first-order valence-electron chi connectivity index (χ1n) is 9.64. The number of thiazole rings is 1. The van der Waals surface area contributed by atoms with E-state index in [0.717, 1.165) is 22.4 Å². The molecule has 0 saturated heterocycles. The first-order valence-corrected chi connectivity index (χ1v) is 10.5. The van der Waals surface area contributed by atoms with Gasteiger partial charge >= 0.3 is 5.97 Å². The van der Waals surface area contributed by atoms with E-state index in [1.807, 2.05) is 35.7 Å². The highest BCUT2D eigenvalue weighted by Gasteiger charge is 2.10. The first kappa shape index (κ1) is 20.3. The zero-order valence-electron chi connectivity index (χ0n) is 16.8. The van der Waals surface area contributed by atoms with Crippen LogP contribution in [0, 0.1) is 11.3 Å². The fraction of sp³-hybridized carbons (Fsp3) is 0.0385. The lowest BCUT2D eigenvalue weighted by Gasteiger charge is -2.03. The molecule has 5 heteroatoms. The van der Waals surface area contributed by atoms with E-state index in [2.05, 4.69) is 35.3 Å². The van der Waals surface area contributed by atoms with Crippen molar-refractivity contribution in [3.8, 4) is 34.2 Å². The second-order valence-corrected chi connectivity index (χ2v) is 7.67. The molecule has 4 nitrogen and oxygen atoms in total. The number of rotatable bonds is 5. The van der Waals surface area contributed by atoms with E-state index in [1.54, 1.807) is 30.3 Å². The minimum absolute atomic E-state index is 0.367. The minimum atomic E-state index is -0.367. The van der Waals surface area contributed by atoms with Gasteiger partial charge in [0.15, 0.2) is 0 Å². The minimum Gasteiger partial charge on any atom is -0.427 e. The molecule has 0 spiro atoms. The van der Waals surface area contributed by atoms with Crippen molar-refractivity contribution in [3.05, 3.63) is 94.8 Å². The van der Waals surface area contributed by atoms with Gasteiger partial charge in [0.2, 0.25) is 0 Å². The highest BCUT2D eigenvalue weighted by atomic mass is 32.1. The van der Waals surface area contributed by atoms with E-state index in [-0.39, 0.29) is 5.97 Å². The van der Waals surface area contributed by atoms with Gasteiger partial charge in [-0.15, -0.1) is 11.3 Å². The summed E-state index contributed by atoms with van der Waals surface area (Å²) < 4.78 is 5.04. The van der Waals surface area contributed by atoms with Crippen LogP contribution in [0.5, 0.6) is 5.75 Å². The second kappa shape index (κ2) is 9.21. The predicted molar refractivity (Wildman–Crippen MR) is 124 cm³/mol. The predicted octanol–water partition coefficient (Wildman–Crippen LogP) is 6.47. The van der Waals surface area contributed by atoms with Crippen LogP contribution < -0.4 is 4.74 Å². The summed E-state index contributed by atoms with van der Waals surface area (Å²) in [6.07, 6.45) is 1.78. The van der Waals surface area contributed by atoms with Crippen LogP contribution in [-0.4, -0.2) is 11.0 Å². The molecule has 4 rings (SSSR count). The van der Waals surface area contributed by atoms with Gasteiger partial charge in [-0.25, -0.2) is 4.98 Å². The fourth-order valence-electron chi connectivity index (χ4n) is 3.10. The Morgan fingerprint density at radius 3 is 2.23 bits per heavy atom. The van der Waals surface area contributed by atoms with Gasteiger partial charge in [-0.05, 0) is 34.9 Å². The monoisotopic (exact) mass is 422 g/mol. The number of carbonyl (C=O) groups excluding carboxylic acids is 1. The van der Waals surface area contributed by atoms with Crippen LogP contribution in [0.15, 0.2) is 84.2 Å². The molecule has 0 aliphatic carbocycles. The maximum absolute atomic E-state index is 11.0. The van der Waals surface area contributed by atoms with Gasteiger partial charge in [0.25, 0.3) is 0 Å². The van der Waals surface area contributed by atoms with Gasteiger partial charge < -0.3 is 4.74 Å². The van der Waals surface area contributed by atoms with Gasteiger partial charge in [-0.2, -0.15) is 5.26 Å². The third-order valence-corrected chi connectivity index (χ3v) is 5.47. The average Bonchev–Trinajstić information content (AvgIpc) is 3.29. The van der Waals surface area contributed by atoms with Gasteiger partial charge in [0, 0.05) is 17.9 Å². The number of allylic oxidation sites excluding steroid dienone is 1. The average molecular weight is 423 g/mol. The third kappa shape index (κ3) is 4.95. The second-order valence-electron chi connectivity index (χ2n) is 6.81. The Hall–Kier alpha value is -4.01. The quantitative estimate of drug-likeness (QED) is 0.210. The van der Waals surface area contributed by atoms with Crippen molar-refractivity contribution < 1.29 is 9.53 Å². The highest BCUT2D eigenvalue weighted by Crippen LogP contribution is 2.29. The van der Waals surface area contributed by atoms with Gasteiger partial charge in [-0.1, -0.05) is 66.7 Å². The van der Waals surface area contributed by atoms with Crippen molar-refractivity contribution in [2.75, 3.05) is 0 Å². The van der Waals surface area contributed by atoms with Gasteiger partial charge in [0.05, 0.1) is 11.3 Å². The number of carbonyl (C=O) groups is 1. The summed E-state index contributed by atoms with van der Waals surface area (Å²) in [6.45, 7) is 1.36. The molecule has 0 fully saturated rings. The highest BCUT2D eigenvalue weighted by molar-refractivity contribution is 7.11. The van der Waals surface area contributed by atoms with Crippen molar-refractivity contribution in [1.29, 1.82) is 5.26 Å². The summed E-state index contributed by atoms with van der Waals surface area (Å²) in [6, 6.07) is 27.7. The molecule has 0 unspecified atom stereocenters. The Morgan fingerprint density at radius 1 is 0.935 bits per heavy atom. The molecular weight excluding hydrogens is 404 g/mol. The van der Waals surface area contributed by atoms with E-state index < -0.39 is 0 Å². The fourth-order valence-corrected chi connectivity index (χ4v) is 3.90. The molecule has 0 radical (unpaired) electrons. The first-order chi connectivity index (χ1) is 15.1. The van der Waals surface area contributed by atoms with Crippen LogP contribution >= 0.6 is 11.3 Å². The van der Waals surface area contributed by atoms with Crippen molar-refractivity contribution in [1.82, 2.24) is 4.98 Å². The third-order valence-electron chi connectivity index (χ3n) is 4.60. The van der Waals surface area contributed by atoms with Crippen molar-refractivity contribution >= 4 is 29.0 Å². The molecule has 0 bridgehead atoms. The molecular formula is C26H18N2O2S. The lowest BCUT2D eigenvalue weighted by Crippen LogP contribution is -2.00. The van der Waals surface area contributed by atoms with E-state index in [1.165, 1.54) is 23.8 Å². The van der Waals surface area contributed by atoms with Gasteiger partial charge in [0.1, 0.15) is 16.8 Å². The molecule has 0 aliphatic rings. The van der Waals surface area contributed by atoms with Crippen molar-refractivity contribution in [2.45, 2.75) is 6.92 Å². The summed E-state index contributed by atoms with van der Waals surface area (Å²) in [5.74, 6) is 0.103. The molecule has 3 aromatic carbocycles. The lowest BCUT2D eigenvalue weighted by atomic mass is 10.0. The topological polar surface area (TPSA) is 63.0 Å². The summed E-state index contributed by atoms with van der Waals surface area (Å²) in [4.78, 5) is 15.7. The normalized spacial score (nSPS) is 11.0. The molecule has 0 atom stereocenters. The van der Waals surface area contributed by atoms with E-state index >= 15 is 0 Å². The molecule has 0 aliphatic heterocycles. The lowest BCUT2D eigenvalue weighted by molar-refractivity contribution is -0.131. The zero-order chi connectivity index (χ0) is 21.6. The molecule has 0 N–H and O–H groups in total. The Labute approximate surface area is 184 Å². The van der Waals surface area contributed by atoms with E-state index in [4.69, 9.17) is 4.74 Å². The molecule has 4 aromatic rings. The number of nitriles is 1. The number of aromatic nitrogens is 1. The van der Waals surface area contributed by atoms with Crippen LogP contribution in [0.4, 0.5) is 0 Å². The summed E-state index contributed by atoms with van der Waals surface area (Å²) in [5.41, 5.74) is 5.47. The number of nitrogens with zero attached hydrogens (tertiary/aromatic N) is 2. The molecule has 0 saturated carbocycles. The molecule has 150 valence electrons. The maximum atomic E-state index is 11.0. The molecule has 1 aromatic heterocycles. The van der Waals surface area contributed by atoms with Crippen LogP contribution in [0.3, 0.4) is 0 Å². The van der Waals surface area contributed by atoms with Crippen molar-refractivity contribution in [3.63, 3.8) is 0 Å². The van der Waals surface area contributed by atoms with E-state index in [0.29, 0.717) is 16.3 Å². The number of hydrogen-bond donors (Lipinski definition) is 0. The van der Waals surface area contributed by atoms with Crippen LogP contribution in [0.25, 0.3) is 34.0 Å². The summed E-state index contributed by atoms with van der Waals surface area (Å²) in [5, 5.41) is 12.3. The van der Waals surface area contributed by atoms with Crippen molar-refractivity contribution in [2.24, 2.45) is 0 Å². The number of hydrogen-bond acceptors (Lipinski definition) is 5. The van der Waals surface area contributed by atoms with Crippen LogP contribution in [0.2, 0.25) is 0 Å². The van der Waals surface area contributed by atoms with Crippen LogP contribution in [-0.2, 0) is 4.79 Å². The van der Waals surface area contributed by atoms with E-state index in [9.17, 15) is 10.1 Å². The molecule has 31 heavy (non-hydrogen) atoms. The maximum Gasteiger partial charge on any atom is 0.308 e. The smallest absolute Gasteiger partial charge is 0.308 e. The summed E-state index contributed by atoms with van der Waals surface area (Å²) in [7, 11) is 0. The Bertz CT molecular complexity index is 1270. The Morgan fingerprint density at radius 2 is 1.58 bits per heavy atom. The molecule has 1 heterocycles. The SMILES string of the molecule is CC(=O)Oc1ccc(/C=C(\C#N)c2nc(-c3ccc(-c4ccccc4)cc3)cs2)cc1. The van der Waals surface area contributed by atoms with Gasteiger partial charge in [-0.3, -0.25) is 4.79 Å². The Balaban J connectivity index is 1.55. The number of ether oxygens (including phenoxy) is 1. The number of esters is 1. The zero-order valence-corrected chi connectivity index (χ0v) is 17.6.